The highest BCUT2D eigenvalue weighted by Gasteiger charge is 2.21. The maximum atomic E-state index is 5.99. The molecular formula is C15H27N3O. The molecule has 4 heteroatoms. The zero-order chi connectivity index (χ0) is 13.7. The Kier molecular flexibility index (Phi) is 5.40. The summed E-state index contributed by atoms with van der Waals surface area (Å²) in [6.45, 7) is 9.02. The van der Waals surface area contributed by atoms with Gasteiger partial charge in [0.25, 0.3) is 0 Å². The summed E-state index contributed by atoms with van der Waals surface area (Å²) in [5, 5.41) is 10.7. The third-order valence-electron chi connectivity index (χ3n) is 4.23. The summed E-state index contributed by atoms with van der Waals surface area (Å²) in [5.41, 5.74) is 3.53. The van der Waals surface area contributed by atoms with Crippen LogP contribution in [0.2, 0.25) is 0 Å². The number of aromatic amines is 1. The quantitative estimate of drug-likeness (QED) is 0.778. The molecule has 4 nitrogen and oxygen atoms in total. The van der Waals surface area contributed by atoms with E-state index in [1.807, 2.05) is 6.92 Å². The fourth-order valence-corrected chi connectivity index (χ4v) is 2.86. The number of hydrogen-bond acceptors (Lipinski definition) is 3. The molecular weight excluding hydrogens is 238 g/mol. The van der Waals surface area contributed by atoms with Gasteiger partial charge in [-0.1, -0.05) is 19.8 Å². The number of hydrogen-bond donors (Lipinski definition) is 2. The van der Waals surface area contributed by atoms with Gasteiger partial charge in [0.1, 0.15) is 0 Å². The predicted octanol–water partition coefficient (Wildman–Crippen LogP) is 2.71. The minimum absolute atomic E-state index is 0.480. The summed E-state index contributed by atoms with van der Waals surface area (Å²) >= 11 is 0. The van der Waals surface area contributed by atoms with Crippen molar-refractivity contribution in [3.63, 3.8) is 0 Å². The molecule has 2 rings (SSSR count). The largest absolute Gasteiger partial charge is 0.377 e. The van der Waals surface area contributed by atoms with Gasteiger partial charge in [0.2, 0.25) is 0 Å². The monoisotopic (exact) mass is 265 g/mol. The average molecular weight is 265 g/mol. The molecule has 0 aliphatic heterocycles. The lowest BCUT2D eigenvalue weighted by Gasteiger charge is -2.28. The second kappa shape index (κ2) is 7.06. The van der Waals surface area contributed by atoms with Crippen LogP contribution in [0.4, 0.5) is 0 Å². The van der Waals surface area contributed by atoms with Crippen LogP contribution in [-0.2, 0) is 11.3 Å². The van der Waals surface area contributed by atoms with Crippen LogP contribution in [0.1, 0.15) is 49.6 Å². The Labute approximate surface area is 116 Å². The van der Waals surface area contributed by atoms with Crippen LogP contribution in [0.3, 0.4) is 0 Å². The Morgan fingerprint density at radius 3 is 2.79 bits per heavy atom. The minimum Gasteiger partial charge on any atom is -0.377 e. The van der Waals surface area contributed by atoms with Crippen LogP contribution in [0, 0.1) is 19.8 Å². The smallest absolute Gasteiger partial charge is 0.0638 e. The van der Waals surface area contributed by atoms with Crippen LogP contribution < -0.4 is 5.32 Å². The van der Waals surface area contributed by atoms with Gasteiger partial charge in [-0.25, -0.2) is 0 Å². The highest BCUT2D eigenvalue weighted by atomic mass is 16.5. The fourth-order valence-electron chi connectivity index (χ4n) is 2.86. The van der Waals surface area contributed by atoms with E-state index >= 15 is 0 Å². The molecule has 0 saturated heterocycles. The van der Waals surface area contributed by atoms with Gasteiger partial charge < -0.3 is 10.1 Å². The molecule has 0 radical (unpaired) electrons. The second-order valence-corrected chi connectivity index (χ2v) is 5.76. The van der Waals surface area contributed by atoms with Crippen molar-refractivity contribution >= 4 is 0 Å². The van der Waals surface area contributed by atoms with E-state index in [0.29, 0.717) is 6.10 Å². The summed E-state index contributed by atoms with van der Waals surface area (Å²) < 4.78 is 5.99. The molecule has 0 amide bonds. The van der Waals surface area contributed by atoms with Crippen LogP contribution >= 0.6 is 0 Å². The molecule has 1 fully saturated rings. The van der Waals surface area contributed by atoms with Crippen molar-refractivity contribution < 1.29 is 4.74 Å². The van der Waals surface area contributed by atoms with Gasteiger partial charge in [-0.15, -0.1) is 0 Å². The number of aromatic nitrogens is 2. The molecule has 1 aromatic rings. The number of rotatable bonds is 6. The van der Waals surface area contributed by atoms with Crippen molar-refractivity contribution in [2.75, 3.05) is 13.2 Å². The molecule has 0 bridgehead atoms. The molecule has 0 unspecified atom stereocenters. The molecule has 1 heterocycles. The Balaban J connectivity index is 1.62. The zero-order valence-corrected chi connectivity index (χ0v) is 12.5. The minimum atomic E-state index is 0.480. The van der Waals surface area contributed by atoms with Gasteiger partial charge in [-0.3, -0.25) is 5.10 Å². The molecule has 0 aromatic carbocycles. The summed E-state index contributed by atoms with van der Waals surface area (Å²) in [7, 11) is 0. The number of aryl methyl sites for hydroxylation is 2. The SMILES string of the molecule is Cc1n[nH]c(C)c1CNCCO[C@@H]1CCCC[C@H]1C. The van der Waals surface area contributed by atoms with E-state index in [-0.39, 0.29) is 0 Å². The van der Waals surface area contributed by atoms with Crippen molar-refractivity contribution in [2.24, 2.45) is 5.92 Å². The summed E-state index contributed by atoms with van der Waals surface area (Å²) in [5.74, 6) is 0.729. The van der Waals surface area contributed by atoms with Crippen molar-refractivity contribution in [1.29, 1.82) is 0 Å². The van der Waals surface area contributed by atoms with Gasteiger partial charge in [0.15, 0.2) is 0 Å². The number of nitrogens with zero attached hydrogens (tertiary/aromatic N) is 1. The van der Waals surface area contributed by atoms with Gasteiger partial charge in [0, 0.05) is 24.3 Å². The summed E-state index contributed by atoms with van der Waals surface area (Å²) in [4.78, 5) is 0. The van der Waals surface area contributed by atoms with E-state index in [0.717, 1.165) is 37.0 Å². The van der Waals surface area contributed by atoms with E-state index in [1.54, 1.807) is 0 Å². The third-order valence-corrected chi connectivity index (χ3v) is 4.23. The Hall–Kier alpha value is -0.870. The lowest BCUT2D eigenvalue weighted by atomic mass is 9.88. The molecule has 1 aromatic heterocycles. The summed E-state index contributed by atoms with van der Waals surface area (Å²) in [6, 6.07) is 0. The van der Waals surface area contributed by atoms with E-state index in [1.165, 1.54) is 31.2 Å². The lowest BCUT2D eigenvalue weighted by molar-refractivity contribution is -0.00323. The standard InChI is InChI=1S/C15H27N3O/c1-11-6-4-5-7-15(11)19-9-8-16-10-14-12(2)17-18-13(14)3/h11,15-16H,4-10H2,1-3H3,(H,17,18)/t11-,15-/m1/s1. The van der Waals surface area contributed by atoms with E-state index in [2.05, 4.69) is 29.4 Å². The van der Waals surface area contributed by atoms with Crippen LogP contribution in [0.25, 0.3) is 0 Å². The highest BCUT2D eigenvalue weighted by molar-refractivity contribution is 5.22. The van der Waals surface area contributed by atoms with E-state index in [4.69, 9.17) is 4.74 Å². The Bertz CT molecular complexity index is 369. The third kappa shape index (κ3) is 4.05. The topological polar surface area (TPSA) is 49.9 Å². The normalized spacial score (nSPS) is 23.7. The van der Waals surface area contributed by atoms with Crippen LogP contribution in [0.15, 0.2) is 0 Å². The van der Waals surface area contributed by atoms with Crippen molar-refractivity contribution in [3.05, 3.63) is 17.0 Å². The maximum Gasteiger partial charge on any atom is 0.0638 e. The van der Waals surface area contributed by atoms with Gasteiger partial charge in [-0.2, -0.15) is 5.10 Å². The molecule has 19 heavy (non-hydrogen) atoms. The van der Waals surface area contributed by atoms with Crippen molar-refractivity contribution in [3.8, 4) is 0 Å². The van der Waals surface area contributed by atoms with Crippen LogP contribution in [-0.4, -0.2) is 29.5 Å². The second-order valence-electron chi connectivity index (χ2n) is 5.76. The first kappa shape index (κ1) is 14.5. The molecule has 0 spiro atoms. The maximum absolute atomic E-state index is 5.99. The number of nitrogens with one attached hydrogen (secondary N) is 2. The van der Waals surface area contributed by atoms with Gasteiger partial charge in [0.05, 0.1) is 18.4 Å². The molecule has 2 N–H and O–H groups in total. The highest BCUT2D eigenvalue weighted by Crippen LogP contribution is 2.25. The average Bonchev–Trinajstić information content (AvgIpc) is 2.72. The van der Waals surface area contributed by atoms with E-state index in [9.17, 15) is 0 Å². The Morgan fingerprint density at radius 1 is 1.32 bits per heavy atom. The molecule has 108 valence electrons. The first-order chi connectivity index (χ1) is 9.18. The zero-order valence-electron chi connectivity index (χ0n) is 12.5. The van der Waals surface area contributed by atoms with E-state index < -0.39 is 0 Å². The fraction of sp³-hybridized carbons (Fsp3) is 0.800. The number of ether oxygens (including phenoxy) is 1. The van der Waals surface area contributed by atoms with Crippen LogP contribution in [0.5, 0.6) is 0 Å². The first-order valence-electron chi connectivity index (χ1n) is 7.51. The number of H-pyrrole nitrogens is 1. The Morgan fingerprint density at radius 2 is 2.11 bits per heavy atom. The van der Waals surface area contributed by atoms with Gasteiger partial charge in [-0.05, 0) is 32.6 Å². The van der Waals surface area contributed by atoms with Crippen molar-refractivity contribution in [2.45, 2.75) is 59.1 Å². The first-order valence-corrected chi connectivity index (χ1v) is 7.51. The summed E-state index contributed by atoms with van der Waals surface area (Å²) in [6.07, 6.45) is 5.74. The molecule has 1 aliphatic rings. The molecule has 2 atom stereocenters. The molecule has 1 aliphatic carbocycles. The predicted molar refractivity (Wildman–Crippen MR) is 77.1 cm³/mol. The molecule has 1 saturated carbocycles. The lowest BCUT2D eigenvalue weighted by Crippen LogP contribution is -2.29. The van der Waals surface area contributed by atoms with Gasteiger partial charge >= 0.3 is 0 Å². The van der Waals surface area contributed by atoms with Crippen molar-refractivity contribution in [1.82, 2.24) is 15.5 Å².